The van der Waals surface area contributed by atoms with Gasteiger partial charge in [0.15, 0.2) is 0 Å². The molecule has 2 aromatic rings. The van der Waals surface area contributed by atoms with E-state index in [1.54, 1.807) is 6.07 Å². The van der Waals surface area contributed by atoms with Crippen LogP contribution in [0.2, 0.25) is 0 Å². The molecule has 20 heavy (non-hydrogen) atoms. The highest BCUT2D eigenvalue weighted by molar-refractivity contribution is 9.11. The van der Waals surface area contributed by atoms with Crippen LogP contribution in [0.15, 0.2) is 50.5 Å². The molecule has 108 valence electrons. The van der Waals surface area contributed by atoms with Gasteiger partial charge in [0.2, 0.25) is 0 Å². The summed E-state index contributed by atoms with van der Waals surface area (Å²) in [6.45, 7) is 0.362. The van der Waals surface area contributed by atoms with E-state index in [4.69, 9.17) is 9.57 Å². The van der Waals surface area contributed by atoms with Gasteiger partial charge < -0.3 is 4.74 Å². The van der Waals surface area contributed by atoms with Crippen LogP contribution >= 0.6 is 27.3 Å². The first-order chi connectivity index (χ1) is 9.58. The molecule has 0 bridgehead atoms. The normalized spacial score (nSPS) is 11.4. The van der Waals surface area contributed by atoms with Crippen molar-refractivity contribution in [1.29, 1.82) is 0 Å². The third-order valence-corrected chi connectivity index (χ3v) is 5.51. The van der Waals surface area contributed by atoms with Gasteiger partial charge in [-0.2, -0.15) is 0 Å². The lowest BCUT2D eigenvalue weighted by Gasteiger charge is -2.07. The summed E-state index contributed by atoms with van der Waals surface area (Å²) >= 11 is 4.32. The summed E-state index contributed by atoms with van der Waals surface area (Å²) in [5.41, 5.74) is 0. The Kier molecular flexibility index (Phi) is 5.55. The molecule has 1 aromatic heterocycles. The number of sulfonamides is 1. The van der Waals surface area contributed by atoms with Crippen molar-refractivity contribution >= 4 is 37.3 Å². The number of hydrogen-bond donors (Lipinski definition) is 1. The zero-order chi connectivity index (χ0) is 14.4. The van der Waals surface area contributed by atoms with Crippen molar-refractivity contribution in [3.63, 3.8) is 0 Å². The van der Waals surface area contributed by atoms with Gasteiger partial charge in [0.25, 0.3) is 10.0 Å². The Morgan fingerprint density at radius 3 is 2.50 bits per heavy atom. The van der Waals surface area contributed by atoms with E-state index < -0.39 is 10.0 Å². The molecule has 1 heterocycles. The molecule has 0 radical (unpaired) electrons. The second-order valence-corrected chi connectivity index (χ2v) is 7.99. The molecule has 0 spiro atoms. The smallest absolute Gasteiger partial charge is 0.271 e. The molecule has 5 nitrogen and oxygen atoms in total. The van der Waals surface area contributed by atoms with Gasteiger partial charge in [0, 0.05) is 0 Å². The fourth-order valence-corrected chi connectivity index (χ4v) is 4.14. The number of ether oxygens (including phenoxy) is 1. The molecule has 0 fully saturated rings. The van der Waals surface area contributed by atoms with Gasteiger partial charge in [0.05, 0.1) is 3.79 Å². The Bertz CT molecular complexity index is 642. The summed E-state index contributed by atoms with van der Waals surface area (Å²) in [5.74, 6) is 0.709. The third kappa shape index (κ3) is 4.57. The number of rotatable bonds is 7. The zero-order valence-electron chi connectivity index (χ0n) is 10.3. The van der Waals surface area contributed by atoms with Gasteiger partial charge in [0.1, 0.15) is 23.2 Å². The molecule has 0 aliphatic heterocycles. The SMILES string of the molecule is O=S(=O)(NOCCOc1ccccc1)c1ccc(Br)s1. The number of benzene rings is 1. The Morgan fingerprint density at radius 1 is 1.10 bits per heavy atom. The summed E-state index contributed by atoms with van der Waals surface area (Å²) < 4.78 is 29.9. The molecule has 2 rings (SSSR count). The van der Waals surface area contributed by atoms with Crippen LogP contribution in [0.3, 0.4) is 0 Å². The second kappa shape index (κ2) is 7.19. The van der Waals surface area contributed by atoms with Gasteiger partial charge in [-0.3, -0.25) is 4.84 Å². The van der Waals surface area contributed by atoms with Crippen LogP contribution in [0.5, 0.6) is 5.75 Å². The molecule has 0 aliphatic rings. The first-order valence-electron chi connectivity index (χ1n) is 5.65. The van der Waals surface area contributed by atoms with Gasteiger partial charge in [-0.1, -0.05) is 23.1 Å². The van der Waals surface area contributed by atoms with Crippen molar-refractivity contribution in [2.45, 2.75) is 4.21 Å². The largest absolute Gasteiger partial charge is 0.491 e. The van der Waals surface area contributed by atoms with E-state index in [0.29, 0.717) is 5.75 Å². The van der Waals surface area contributed by atoms with E-state index in [-0.39, 0.29) is 17.4 Å². The van der Waals surface area contributed by atoms with Crippen LogP contribution in [0.25, 0.3) is 0 Å². The molecule has 0 unspecified atom stereocenters. The molecule has 0 atom stereocenters. The summed E-state index contributed by atoms with van der Waals surface area (Å²) in [4.78, 5) is 6.97. The standard InChI is InChI=1S/C12H12BrNO4S2/c13-11-6-7-12(19-11)20(15,16)14-18-9-8-17-10-4-2-1-3-5-10/h1-7,14H,8-9H2. The molecule has 0 amide bonds. The van der Waals surface area contributed by atoms with E-state index in [1.165, 1.54) is 6.07 Å². The van der Waals surface area contributed by atoms with Crippen LogP contribution in [-0.4, -0.2) is 21.6 Å². The van der Waals surface area contributed by atoms with Crippen LogP contribution < -0.4 is 9.62 Å². The first kappa shape index (κ1) is 15.5. The lowest BCUT2D eigenvalue weighted by molar-refractivity contribution is 0.0667. The van der Waals surface area contributed by atoms with Gasteiger partial charge in [-0.15, -0.1) is 11.3 Å². The lowest BCUT2D eigenvalue weighted by Crippen LogP contribution is -2.25. The van der Waals surface area contributed by atoms with Crippen molar-refractivity contribution in [3.05, 3.63) is 46.3 Å². The monoisotopic (exact) mass is 377 g/mol. The van der Waals surface area contributed by atoms with Crippen LogP contribution in [-0.2, 0) is 14.9 Å². The minimum absolute atomic E-state index is 0.112. The van der Waals surface area contributed by atoms with Crippen molar-refractivity contribution < 1.29 is 18.0 Å². The van der Waals surface area contributed by atoms with Crippen LogP contribution in [0.1, 0.15) is 0 Å². The minimum atomic E-state index is -3.62. The Morgan fingerprint density at radius 2 is 1.85 bits per heavy atom. The fourth-order valence-electron chi connectivity index (χ4n) is 1.32. The minimum Gasteiger partial charge on any atom is -0.491 e. The van der Waals surface area contributed by atoms with Crippen molar-refractivity contribution in [2.75, 3.05) is 13.2 Å². The highest BCUT2D eigenvalue weighted by Gasteiger charge is 2.16. The predicted molar refractivity (Wildman–Crippen MR) is 80.2 cm³/mol. The molecular weight excluding hydrogens is 366 g/mol. The number of para-hydroxylation sites is 1. The number of nitrogens with one attached hydrogen (secondary N) is 1. The predicted octanol–water partition coefficient (Wildman–Crippen LogP) is 2.80. The molecule has 1 aromatic carbocycles. The molecule has 0 saturated heterocycles. The van der Waals surface area contributed by atoms with Crippen LogP contribution in [0, 0.1) is 0 Å². The van der Waals surface area contributed by atoms with E-state index in [2.05, 4.69) is 20.8 Å². The zero-order valence-corrected chi connectivity index (χ0v) is 13.5. The summed E-state index contributed by atoms with van der Waals surface area (Å²) in [6, 6.07) is 12.4. The third-order valence-electron chi connectivity index (χ3n) is 2.18. The number of halogens is 1. The Balaban J connectivity index is 1.73. The maximum atomic E-state index is 11.8. The second-order valence-electron chi connectivity index (χ2n) is 3.66. The van der Waals surface area contributed by atoms with Crippen LogP contribution in [0.4, 0.5) is 0 Å². The summed E-state index contributed by atoms with van der Waals surface area (Å²) in [5, 5.41) is 0. The Hall–Kier alpha value is -0.930. The van der Waals surface area contributed by atoms with Crippen molar-refractivity contribution in [2.24, 2.45) is 0 Å². The maximum Gasteiger partial charge on any atom is 0.271 e. The first-order valence-corrected chi connectivity index (χ1v) is 8.74. The topological polar surface area (TPSA) is 64.6 Å². The highest BCUT2D eigenvalue weighted by Crippen LogP contribution is 2.25. The summed E-state index contributed by atoms with van der Waals surface area (Å²) in [6.07, 6.45) is 0. The molecule has 8 heteroatoms. The lowest BCUT2D eigenvalue weighted by atomic mass is 10.3. The maximum absolute atomic E-state index is 11.8. The number of thiophene rings is 1. The van der Waals surface area contributed by atoms with Gasteiger partial charge >= 0.3 is 0 Å². The molecular formula is C12H12BrNO4S2. The van der Waals surface area contributed by atoms with Gasteiger partial charge in [-0.25, -0.2) is 8.42 Å². The van der Waals surface area contributed by atoms with E-state index in [0.717, 1.165) is 15.1 Å². The van der Waals surface area contributed by atoms with Gasteiger partial charge in [-0.05, 0) is 40.2 Å². The van der Waals surface area contributed by atoms with Crippen molar-refractivity contribution in [3.8, 4) is 5.75 Å². The molecule has 1 N–H and O–H groups in total. The summed E-state index contributed by atoms with van der Waals surface area (Å²) in [7, 11) is -3.62. The van der Waals surface area contributed by atoms with E-state index in [1.807, 2.05) is 30.3 Å². The average Bonchev–Trinajstić information content (AvgIpc) is 2.87. The number of hydrogen-bond acceptors (Lipinski definition) is 5. The molecule has 0 saturated carbocycles. The quantitative estimate of drug-likeness (QED) is 0.595. The van der Waals surface area contributed by atoms with E-state index >= 15 is 0 Å². The fraction of sp³-hybridized carbons (Fsp3) is 0.167. The van der Waals surface area contributed by atoms with Crippen molar-refractivity contribution in [1.82, 2.24) is 4.89 Å². The van der Waals surface area contributed by atoms with E-state index in [9.17, 15) is 8.42 Å². The molecule has 0 aliphatic carbocycles. The highest BCUT2D eigenvalue weighted by atomic mass is 79.9. The average molecular weight is 378 g/mol. The Labute approximate surface area is 129 Å².